The van der Waals surface area contributed by atoms with Crippen molar-refractivity contribution in [3.63, 3.8) is 0 Å². The van der Waals surface area contributed by atoms with Gasteiger partial charge in [0.05, 0.1) is 18.3 Å². The summed E-state index contributed by atoms with van der Waals surface area (Å²) >= 11 is 0. The molecule has 2 aliphatic rings. The standard InChI is InChI=1S/C24H30FNO4/c1-14(2)29-10-11-30-23(28)20-15(3)26-18-12-24(4,5)13-19(27)22(18)21(20)16-6-8-17(25)9-7-16/h6-9,14,21,26H,10-13H2,1-5H3. The summed E-state index contributed by atoms with van der Waals surface area (Å²) in [5.74, 6) is -1.44. The summed E-state index contributed by atoms with van der Waals surface area (Å²) in [6, 6.07) is 5.96. The molecule has 1 aliphatic carbocycles. The third kappa shape index (κ3) is 4.81. The minimum Gasteiger partial charge on any atom is -0.460 e. The Bertz CT molecular complexity index is 896. The predicted octanol–water partition coefficient (Wildman–Crippen LogP) is 4.40. The number of ether oxygens (including phenoxy) is 2. The van der Waals surface area contributed by atoms with Gasteiger partial charge in [0.2, 0.25) is 0 Å². The van der Waals surface area contributed by atoms with Crippen LogP contribution in [0.3, 0.4) is 0 Å². The number of carbonyl (C=O) groups is 2. The molecule has 1 unspecified atom stereocenters. The van der Waals surface area contributed by atoms with E-state index < -0.39 is 11.9 Å². The Morgan fingerprint density at radius 3 is 2.50 bits per heavy atom. The van der Waals surface area contributed by atoms with Crippen LogP contribution in [0.15, 0.2) is 46.8 Å². The van der Waals surface area contributed by atoms with E-state index in [4.69, 9.17) is 9.47 Å². The first kappa shape index (κ1) is 22.2. The monoisotopic (exact) mass is 415 g/mol. The first-order chi connectivity index (χ1) is 14.1. The van der Waals surface area contributed by atoms with Gasteiger partial charge in [0.1, 0.15) is 12.4 Å². The number of dihydropyridines is 1. The molecule has 0 radical (unpaired) electrons. The number of benzene rings is 1. The summed E-state index contributed by atoms with van der Waals surface area (Å²) in [6.07, 6.45) is 1.14. The van der Waals surface area contributed by atoms with Gasteiger partial charge >= 0.3 is 5.97 Å². The van der Waals surface area contributed by atoms with Crippen molar-refractivity contribution in [3.05, 3.63) is 58.2 Å². The predicted molar refractivity (Wildman–Crippen MR) is 112 cm³/mol. The van der Waals surface area contributed by atoms with E-state index >= 15 is 0 Å². The lowest BCUT2D eigenvalue weighted by molar-refractivity contribution is -0.141. The summed E-state index contributed by atoms with van der Waals surface area (Å²) in [6.45, 7) is 10.2. The van der Waals surface area contributed by atoms with E-state index in [-0.39, 0.29) is 29.7 Å². The molecule has 1 heterocycles. The van der Waals surface area contributed by atoms with Crippen molar-refractivity contribution in [3.8, 4) is 0 Å². The van der Waals surface area contributed by atoms with E-state index in [1.807, 2.05) is 20.8 Å². The molecule has 0 fully saturated rings. The zero-order chi connectivity index (χ0) is 22.1. The molecule has 1 N–H and O–H groups in total. The number of hydrogen-bond acceptors (Lipinski definition) is 5. The van der Waals surface area contributed by atoms with Crippen LogP contribution in [0.5, 0.6) is 0 Å². The summed E-state index contributed by atoms with van der Waals surface area (Å²) in [4.78, 5) is 26.2. The fraction of sp³-hybridized carbons (Fsp3) is 0.500. The van der Waals surface area contributed by atoms with Crippen molar-refractivity contribution in [1.82, 2.24) is 5.32 Å². The minimum atomic E-state index is -0.580. The van der Waals surface area contributed by atoms with Crippen LogP contribution in [-0.4, -0.2) is 31.1 Å². The molecule has 0 saturated carbocycles. The van der Waals surface area contributed by atoms with Crippen molar-refractivity contribution in [2.24, 2.45) is 5.41 Å². The van der Waals surface area contributed by atoms with Crippen molar-refractivity contribution >= 4 is 11.8 Å². The molecule has 1 aliphatic heterocycles. The second-order valence-electron chi connectivity index (χ2n) is 9.04. The second-order valence-corrected chi connectivity index (χ2v) is 9.04. The number of allylic oxidation sites excluding steroid dienone is 3. The quantitative estimate of drug-likeness (QED) is 0.551. The maximum Gasteiger partial charge on any atom is 0.336 e. The molecule has 30 heavy (non-hydrogen) atoms. The lowest BCUT2D eigenvalue weighted by Gasteiger charge is -2.39. The summed E-state index contributed by atoms with van der Waals surface area (Å²) in [5, 5.41) is 3.29. The van der Waals surface area contributed by atoms with Crippen LogP contribution in [0.1, 0.15) is 58.9 Å². The number of Topliss-reactive ketones (excluding diaryl/α,β-unsaturated/α-hetero) is 1. The van der Waals surface area contributed by atoms with E-state index in [1.54, 1.807) is 12.1 Å². The Morgan fingerprint density at radius 2 is 1.87 bits per heavy atom. The third-order valence-corrected chi connectivity index (χ3v) is 5.43. The largest absolute Gasteiger partial charge is 0.460 e. The molecule has 0 aromatic heterocycles. The Hall–Kier alpha value is -2.47. The molecule has 1 aromatic carbocycles. The molecule has 0 spiro atoms. The Kier molecular flexibility index (Phi) is 6.46. The Morgan fingerprint density at radius 1 is 1.20 bits per heavy atom. The second kappa shape index (κ2) is 8.72. The van der Waals surface area contributed by atoms with Crippen LogP contribution in [0.4, 0.5) is 4.39 Å². The van der Waals surface area contributed by atoms with Crippen LogP contribution < -0.4 is 5.32 Å². The zero-order valence-corrected chi connectivity index (χ0v) is 18.3. The number of esters is 1. The normalized spacial score (nSPS) is 20.9. The van der Waals surface area contributed by atoms with Gasteiger partial charge in [-0.1, -0.05) is 26.0 Å². The number of ketones is 1. The maximum atomic E-state index is 13.6. The number of carbonyl (C=O) groups excluding carboxylic acids is 2. The fourth-order valence-corrected chi connectivity index (χ4v) is 4.19. The highest BCUT2D eigenvalue weighted by Crippen LogP contribution is 2.46. The highest BCUT2D eigenvalue weighted by atomic mass is 19.1. The molecule has 3 rings (SSSR count). The molecular weight excluding hydrogens is 385 g/mol. The van der Waals surface area contributed by atoms with Gasteiger partial charge in [-0.25, -0.2) is 9.18 Å². The summed E-state index contributed by atoms with van der Waals surface area (Å²) in [7, 11) is 0. The van der Waals surface area contributed by atoms with Crippen LogP contribution in [0.25, 0.3) is 0 Å². The van der Waals surface area contributed by atoms with Crippen molar-refractivity contribution in [1.29, 1.82) is 0 Å². The highest BCUT2D eigenvalue weighted by molar-refractivity contribution is 6.04. The topological polar surface area (TPSA) is 64.6 Å². The first-order valence-corrected chi connectivity index (χ1v) is 10.4. The van der Waals surface area contributed by atoms with Gasteiger partial charge < -0.3 is 14.8 Å². The SMILES string of the molecule is CC1=C(C(=O)OCCOC(C)C)C(c2ccc(F)cc2)C2=C(CC(C)(C)CC2=O)N1. The number of hydrogen-bond donors (Lipinski definition) is 1. The van der Waals surface area contributed by atoms with E-state index in [9.17, 15) is 14.0 Å². The van der Waals surface area contributed by atoms with E-state index in [1.165, 1.54) is 12.1 Å². The van der Waals surface area contributed by atoms with E-state index in [2.05, 4.69) is 19.2 Å². The highest BCUT2D eigenvalue weighted by Gasteiger charge is 2.43. The number of nitrogens with one attached hydrogen (secondary N) is 1. The van der Waals surface area contributed by atoms with Gasteiger partial charge in [-0.05, 0) is 50.3 Å². The smallest absolute Gasteiger partial charge is 0.336 e. The third-order valence-electron chi connectivity index (χ3n) is 5.43. The minimum absolute atomic E-state index is 0.00372. The van der Waals surface area contributed by atoms with Gasteiger partial charge in [0.25, 0.3) is 0 Å². The molecule has 1 aromatic rings. The van der Waals surface area contributed by atoms with Gasteiger partial charge in [0.15, 0.2) is 5.78 Å². The molecule has 0 bridgehead atoms. The Balaban J connectivity index is 1.97. The average Bonchev–Trinajstić information content (AvgIpc) is 2.63. The van der Waals surface area contributed by atoms with Gasteiger partial charge in [0, 0.05) is 29.3 Å². The van der Waals surface area contributed by atoms with E-state index in [0.29, 0.717) is 41.9 Å². The molecule has 0 saturated heterocycles. The van der Waals surface area contributed by atoms with Crippen LogP contribution in [-0.2, 0) is 19.1 Å². The lowest BCUT2D eigenvalue weighted by Crippen LogP contribution is -2.38. The molecule has 1 atom stereocenters. The van der Waals surface area contributed by atoms with Crippen molar-refractivity contribution in [2.45, 2.75) is 59.5 Å². The van der Waals surface area contributed by atoms with Gasteiger partial charge in [-0.2, -0.15) is 0 Å². The first-order valence-electron chi connectivity index (χ1n) is 10.4. The zero-order valence-electron chi connectivity index (χ0n) is 18.3. The van der Waals surface area contributed by atoms with E-state index in [0.717, 1.165) is 5.70 Å². The molecule has 6 heteroatoms. The number of halogens is 1. The lowest BCUT2D eigenvalue weighted by atomic mass is 9.68. The molecular formula is C24H30FNO4. The maximum absolute atomic E-state index is 13.6. The van der Waals surface area contributed by atoms with Gasteiger partial charge in [-0.3, -0.25) is 4.79 Å². The average molecular weight is 416 g/mol. The number of rotatable bonds is 6. The van der Waals surface area contributed by atoms with Crippen molar-refractivity contribution < 1.29 is 23.5 Å². The molecule has 162 valence electrons. The van der Waals surface area contributed by atoms with Crippen LogP contribution in [0, 0.1) is 11.2 Å². The Labute approximate surface area is 177 Å². The van der Waals surface area contributed by atoms with Crippen molar-refractivity contribution in [2.75, 3.05) is 13.2 Å². The fourth-order valence-electron chi connectivity index (χ4n) is 4.19. The van der Waals surface area contributed by atoms with Gasteiger partial charge in [-0.15, -0.1) is 0 Å². The molecule has 5 nitrogen and oxygen atoms in total. The van der Waals surface area contributed by atoms with Crippen LogP contribution >= 0.6 is 0 Å². The molecule has 0 amide bonds. The van der Waals surface area contributed by atoms with Crippen LogP contribution in [0.2, 0.25) is 0 Å². The summed E-state index contributed by atoms with van der Waals surface area (Å²) in [5.41, 5.74) is 2.99. The summed E-state index contributed by atoms with van der Waals surface area (Å²) < 4.78 is 24.5.